The van der Waals surface area contributed by atoms with E-state index in [1.165, 1.54) is 11.0 Å². The summed E-state index contributed by atoms with van der Waals surface area (Å²) in [5.74, 6) is -1.14. The predicted molar refractivity (Wildman–Crippen MR) is 130 cm³/mol. The molecule has 0 saturated heterocycles. The molecule has 1 atom stereocenters. The Morgan fingerprint density at radius 2 is 1.85 bits per heavy atom. The van der Waals surface area contributed by atoms with Gasteiger partial charge in [0.2, 0.25) is 5.76 Å². The van der Waals surface area contributed by atoms with Crippen LogP contribution in [0.2, 0.25) is 10.0 Å². The second-order valence-electron chi connectivity index (χ2n) is 7.58. The van der Waals surface area contributed by atoms with Gasteiger partial charge >= 0.3 is 5.97 Å². The van der Waals surface area contributed by atoms with E-state index in [0.717, 1.165) is 11.3 Å². The van der Waals surface area contributed by atoms with Crippen molar-refractivity contribution in [2.45, 2.75) is 19.9 Å². The smallest absolute Gasteiger partial charge is 0.350 e. The topological polar surface area (TPSA) is 89.7 Å². The van der Waals surface area contributed by atoms with Crippen LogP contribution in [0.3, 0.4) is 0 Å². The fourth-order valence-corrected chi connectivity index (χ4v) is 5.26. The second kappa shape index (κ2) is 8.54. The molecule has 0 fully saturated rings. The summed E-state index contributed by atoms with van der Waals surface area (Å²) in [5.41, 5.74) is 1.12. The SMILES string of the molecule is CCOC(=O)c1sc(N2C(=O)c3oc4ccc(Cl)cc4c(=O)c3C2c2ccc(Cl)cc2)nc1C. The van der Waals surface area contributed by atoms with E-state index in [2.05, 4.69) is 4.98 Å². The quantitative estimate of drug-likeness (QED) is 0.320. The van der Waals surface area contributed by atoms with Crippen LogP contribution in [-0.2, 0) is 4.74 Å². The third-order valence-electron chi connectivity index (χ3n) is 5.47. The monoisotopic (exact) mass is 514 g/mol. The number of thiazole rings is 1. The van der Waals surface area contributed by atoms with Crippen LogP contribution < -0.4 is 10.3 Å². The number of nitrogens with zero attached hydrogens (tertiary/aromatic N) is 2. The van der Waals surface area contributed by atoms with Gasteiger partial charge in [0.15, 0.2) is 10.6 Å². The van der Waals surface area contributed by atoms with Crippen molar-refractivity contribution in [3.63, 3.8) is 0 Å². The number of aromatic nitrogens is 1. The zero-order chi connectivity index (χ0) is 24.1. The summed E-state index contributed by atoms with van der Waals surface area (Å²) in [4.78, 5) is 45.7. The molecule has 5 rings (SSSR count). The molecule has 1 aliphatic rings. The maximum Gasteiger partial charge on any atom is 0.350 e. The summed E-state index contributed by atoms with van der Waals surface area (Å²) < 4.78 is 11.0. The van der Waals surface area contributed by atoms with Crippen molar-refractivity contribution in [1.82, 2.24) is 4.98 Å². The van der Waals surface area contributed by atoms with Gasteiger partial charge < -0.3 is 9.15 Å². The summed E-state index contributed by atoms with van der Waals surface area (Å²) >= 11 is 13.2. The summed E-state index contributed by atoms with van der Waals surface area (Å²) in [7, 11) is 0. The van der Waals surface area contributed by atoms with Gasteiger partial charge in [-0.15, -0.1) is 0 Å². The van der Waals surface area contributed by atoms with Crippen LogP contribution >= 0.6 is 34.5 Å². The maximum atomic E-state index is 13.6. The van der Waals surface area contributed by atoms with Crippen LogP contribution in [0.25, 0.3) is 11.0 Å². The molecule has 3 heterocycles. The summed E-state index contributed by atoms with van der Waals surface area (Å²) in [6.07, 6.45) is 0. The number of carbonyl (C=O) groups excluding carboxylic acids is 2. The average molecular weight is 515 g/mol. The van der Waals surface area contributed by atoms with Crippen molar-refractivity contribution in [2.75, 3.05) is 11.5 Å². The first kappa shape index (κ1) is 22.6. The number of fused-ring (bicyclic) bond motifs is 2. The van der Waals surface area contributed by atoms with Crippen LogP contribution in [0.1, 0.15) is 50.0 Å². The average Bonchev–Trinajstić information content (AvgIpc) is 3.33. The molecule has 0 saturated carbocycles. The number of benzene rings is 2. The van der Waals surface area contributed by atoms with Crippen LogP contribution in [0.5, 0.6) is 0 Å². The number of carbonyl (C=O) groups is 2. The van der Waals surface area contributed by atoms with Gasteiger partial charge in [-0.1, -0.05) is 46.7 Å². The Kier molecular flexibility index (Phi) is 5.67. The van der Waals surface area contributed by atoms with E-state index in [1.54, 1.807) is 50.2 Å². The Labute approximate surface area is 207 Å². The third-order valence-corrected chi connectivity index (χ3v) is 7.09. The largest absolute Gasteiger partial charge is 0.462 e. The minimum absolute atomic E-state index is 0.0784. The normalized spacial score (nSPS) is 15.1. The number of rotatable bonds is 4. The summed E-state index contributed by atoms with van der Waals surface area (Å²) in [5, 5.41) is 1.39. The van der Waals surface area contributed by atoms with Gasteiger partial charge in [-0.25, -0.2) is 9.78 Å². The molecule has 2 aromatic carbocycles. The number of anilines is 1. The number of ether oxygens (including phenoxy) is 1. The molecule has 34 heavy (non-hydrogen) atoms. The van der Waals surface area contributed by atoms with Gasteiger partial charge in [0.1, 0.15) is 10.5 Å². The number of amides is 1. The maximum absolute atomic E-state index is 13.6. The zero-order valence-electron chi connectivity index (χ0n) is 17.9. The predicted octanol–water partition coefficient (Wildman–Crippen LogP) is 5.79. The lowest BCUT2D eigenvalue weighted by Crippen LogP contribution is -2.29. The minimum Gasteiger partial charge on any atom is -0.462 e. The summed E-state index contributed by atoms with van der Waals surface area (Å²) in [6.45, 7) is 3.58. The van der Waals surface area contributed by atoms with Crippen molar-refractivity contribution < 1.29 is 18.7 Å². The summed E-state index contributed by atoms with van der Waals surface area (Å²) in [6, 6.07) is 10.6. The molecule has 172 valence electrons. The Morgan fingerprint density at radius 1 is 1.15 bits per heavy atom. The van der Waals surface area contributed by atoms with Gasteiger partial charge in [0, 0.05) is 10.0 Å². The van der Waals surface area contributed by atoms with Gasteiger partial charge in [0.25, 0.3) is 5.91 Å². The van der Waals surface area contributed by atoms with Gasteiger partial charge in [-0.05, 0) is 49.7 Å². The molecule has 2 aromatic heterocycles. The molecule has 0 bridgehead atoms. The highest BCUT2D eigenvalue weighted by Crippen LogP contribution is 2.43. The number of hydrogen-bond donors (Lipinski definition) is 0. The van der Waals surface area contributed by atoms with Crippen molar-refractivity contribution in [2.24, 2.45) is 0 Å². The minimum atomic E-state index is -0.833. The molecule has 1 unspecified atom stereocenters. The third kappa shape index (κ3) is 3.58. The van der Waals surface area contributed by atoms with Crippen molar-refractivity contribution in [3.8, 4) is 0 Å². The fourth-order valence-electron chi connectivity index (χ4n) is 3.97. The lowest BCUT2D eigenvalue weighted by molar-refractivity contribution is 0.0531. The highest BCUT2D eigenvalue weighted by atomic mass is 35.5. The molecule has 1 aliphatic heterocycles. The number of esters is 1. The van der Waals surface area contributed by atoms with E-state index in [1.807, 2.05) is 0 Å². The first-order valence-corrected chi connectivity index (χ1v) is 11.9. The Balaban J connectivity index is 1.75. The first-order chi connectivity index (χ1) is 16.3. The Hall–Kier alpha value is -3.20. The van der Waals surface area contributed by atoms with Crippen LogP contribution in [0, 0.1) is 6.92 Å². The molecule has 0 spiro atoms. The molecular weight excluding hydrogens is 499 g/mol. The van der Waals surface area contributed by atoms with E-state index < -0.39 is 17.9 Å². The zero-order valence-corrected chi connectivity index (χ0v) is 20.3. The fraction of sp³-hybridized carbons (Fsp3) is 0.167. The van der Waals surface area contributed by atoms with Gasteiger partial charge in [-0.3, -0.25) is 14.5 Å². The standard InChI is InChI=1S/C24H16Cl2N2O5S/c1-3-32-23(31)21-11(2)27-24(34-21)28-18(12-4-6-13(25)7-5-12)17-19(29)15-10-14(26)8-9-16(15)33-20(17)22(28)30/h4-10,18H,3H2,1-2H3. The van der Waals surface area contributed by atoms with E-state index in [0.29, 0.717) is 21.3 Å². The lowest BCUT2D eigenvalue weighted by atomic mass is 9.99. The van der Waals surface area contributed by atoms with E-state index in [4.69, 9.17) is 32.4 Å². The van der Waals surface area contributed by atoms with Gasteiger partial charge in [0.05, 0.1) is 29.3 Å². The Morgan fingerprint density at radius 3 is 2.56 bits per heavy atom. The molecule has 4 aromatic rings. The van der Waals surface area contributed by atoms with Crippen LogP contribution in [-0.4, -0.2) is 23.5 Å². The Bertz CT molecular complexity index is 1530. The molecule has 0 N–H and O–H groups in total. The van der Waals surface area contributed by atoms with Crippen molar-refractivity contribution in [3.05, 3.63) is 90.2 Å². The highest BCUT2D eigenvalue weighted by Gasteiger charge is 2.45. The van der Waals surface area contributed by atoms with Gasteiger partial charge in [-0.2, -0.15) is 0 Å². The molecule has 0 radical (unpaired) electrons. The number of hydrogen-bond acceptors (Lipinski definition) is 7. The molecule has 10 heteroatoms. The van der Waals surface area contributed by atoms with Crippen LogP contribution in [0.15, 0.2) is 51.7 Å². The van der Waals surface area contributed by atoms with Crippen molar-refractivity contribution in [1.29, 1.82) is 0 Å². The second-order valence-corrected chi connectivity index (χ2v) is 9.43. The van der Waals surface area contributed by atoms with E-state index in [9.17, 15) is 14.4 Å². The lowest BCUT2D eigenvalue weighted by Gasteiger charge is -2.22. The van der Waals surface area contributed by atoms with Crippen LogP contribution in [0.4, 0.5) is 5.13 Å². The number of halogens is 2. The first-order valence-electron chi connectivity index (χ1n) is 10.3. The molecular formula is C24H16Cl2N2O5S. The molecule has 7 nitrogen and oxygen atoms in total. The van der Waals surface area contributed by atoms with Crippen molar-refractivity contribution >= 4 is 62.5 Å². The highest BCUT2D eigenvalue weighted by molar-refractivity contribution is 7.17. The van der Waals surface area contributed by atoms with E-state index >= 15 is 0 Å². The molecule has 1 amide bonds. The molecule has 0 aliphatic carbocycles. The number of aryl methyl sites for hydroxylation is 1. The van der Waals surface area contributed by atoms with E-state index in [-0.39, 0.29) is 44.3 Å².